The second-order valence-corrected chi connectivity index (χ2v) is 4.74. The molecule has 0 N–H and O–H groups in total. The first kappa shape index (κ1) is 11.6. The Morgan fingerprint density at radius 2 is 1.89 bits per heavy atom. The van der Waals surface area contributed by atoms with Crippen LogP contribution in [0.3, 0.4) is 0 Å². The molecule has 0 amide bonds. The summed E-state index contributed by atoms with van der Waals surface area (Å²) in [5.74, 6) is 1.67. The molecule has 0 spiro atoms. The molecule has 0 bridgehead atoms. The maximum atomic E-state index is 5.43. The van der Waals surface area contributed by atoms with E-state index in [0.29, 0.717) is 6.79 Å². The van der Waals surface area contributed by atoms with E-state index in [4.69, 9.17) is 14.5 Å². The molecule has 1 aliphatic heterocycles. The maximum Gasteiger partial charge on any atom is 0.231 e. The van der Waals surface area contributed by atoms with E-state index in [9.17, 15) is 0 Å². The topological polar surface area (TPSA) is 31.4 Å². The largest absolute Gasteiger partial charge is 0.454 e. The number of benzene rings is 1. The Morgan fingerprint density at radius 1 is 1.11 bits per heavy atom. The van der Waals surface area contributed by atoms with Crippen molar-refractivity contribution in [3.8, 4) is 11.5 Å². The third kappa shape index (κ3) is 1.47. The molecule has 0 unspecified atom stereocenters. The predicted molar refractivity (Wildman–Crippen MR) is 71.9 cm³/mol. The normalized spacial score (nSPS) is 15.6. The summed E-state index contributed by atoms with van der Waals surface area (Å²) in [5.41, 5.74) is 5.11. The predicted octanol–water partition coefficient (Wildman–Crippen LogP) is 3.18. The molecule has 3 nitrogen and oxygen atoms in total. The van der Waals surface area contributed by atoms with Crippen LogP contribution in [0.5, 0.6) is 11.5 Å². The number of hydrogen-bond donors (Lipinski definition) is 0. The van der Waals surface area contributed by atoms with Gasteiger partial charge in [-0.05, 0) is 43.4 Å². The number of fused-ring (bicyclic) bond motifs is 3. The Morgan fingerprint density at radius 3 is 2.72 bits per heavy atom. The highest BCUT2D eigenvalue weighted by Crippen LogP contribution is 2.38. The van der Waals surface area contributed by atoms with E-state index in [2.05, 4.69) is 13.0 Å². The second-order valence-electron chi connectivity index (χ2n) is 4.74. The molecule has 0 fully saturated rings. The zero-order chi connectivity index (χ0) is 11.4. The molecule has 0 radical (unpaired) electrons. The first-order valence-corrected chi connectivity index (χ1v) is 6.04. The van der Waals surface area contributed by atoms with Crippen molar-refractivity contribution in [3.63, 3.8) is 0 Å². The quantitative estimate of drug-likeness (QED) is 0.732. The Hall–Kier alpha value is -1.48. The van der Waals surface area contributed by atoms with Gasteiger partial charge in [-0.25, -0.2) is 0 Å². The zero-order valence-electron chi connectivity index (χ0n) is 10.2. The van der Waals surface area contributed by atoms with Crippen molar-refractivity contribution < 1.29 is 9.47 Å². The highest BCUT2D eigenvalue weighted by Gasteiger charge is 2.20. The third-order valence-corrected chi connectivity index (χ3v) is 3.79. The molecule has 1 aliphatic carbocycles. The van der Waals surface area contributed by atoms with Crippen LogP contribution in [0.4, 0.5) is 0 Å². The molecule has 2 heterocycles. The van der Waals surface area contributed by atoms with E-state index in [0.717, 1.165) is 23.4 Å². The van der Waals surface area contributed by atoms with Gasteiger partial charge in [0.2, 0.25) is 6.79 Å². The summed E-state index contributed by atoms with van der Waals surface area (Å²) in [7, 11) is 0. The van der Waals surface area contributed by atoms with Gasteiger partial charge in [-0.3, -0.25) is 4.98 Å². The molecule has 2 aromatic rings. The summed E-state index contributed by atoms with van der Waals surface area (Å²) >= 11 is 0. The van der Waals surface area contributed by atoms with Crippen LogP contribution in [0.15, 0.2) is 12.1 Å². The van der Waals surface area contributed by atoms with Crippen LogP contribution < -0.4 is 9.47 Å². The Bertz CT molecular complexity index is 634. The van der Waals surface area contributed by atoms with Crippen LogP contribution >= 0.6 is 12.4 Å². The molecule has 4 heteroatoms. The van der Waals surface area contributed by atoms with Crippen molar-refractivity contribution in [3.05, 3.63) is 29.0 Å². The minimum atomic E-state index is 0. The van der Waals surface area contributed by atoms with Crippen molar-refractivity contribution in [2.45, 2.75) is 26.2 Å². The summed E-state index contributed by atoms with van der Waals surface area (Å²) in [4.78, 5) is 4.76. The molecule has 4 rings (SSSR count). The van der Waals surface area contributed by atoms with Crippen molar-refractivity contribution in [1.82, 2.24) is 4.98 Å². The van der Waals surface area contributed by atoms with Crippen LogP contribution in [0.2, 0.25) is 0 Å². The number of ether oxygens (including phenoxy) is 2. The lowest BCUT2D eigenvalue weighted by atomic mass is 10.0. The molecule has 94 valence electrons. The Kier molecular flexibility index (Phi) is 2.59. The van der Waals surface area contributed by atoms with Crippen molar-refractivity contribution in [2.75, 3.05) is 6.79 Å². The van der Waals surface area contributed by atoms with Crippen LogP contribution in [0, 0.1) is 6.92 Å². The summed E-state index contributed by atoms with van der Waals surface area (Å²) in [5, 5.41) is 1.20. The molecule has 1 aromatic carbocycles. The third-order valence-electron chi connectivity index (χ3n) is 3.79. The van der Waals surface area contributed by atoms with Gasteiger partial charge in [0.1, 0.15) is 0 Å². The lowest BCUT2D eigenvalue weighted by molar-refractivity contribution is 0.174. The van der Waals surface area contributed by atoms with E-state index in [1.807, 2.05) is 6.07 Å². The number of hydrogen-bond acceptors (Lipinski definition) is 3. The fourth-order valence-corrected chi connectivity index (χ4v) is 2.89. The van der Waals surface area contributed by atoms with Crippen LogP contribution in [0.1, 0.15) is 23.2 Å². The van der Waals surface area contributed by atoms with Crippen molar-refractivity contribution in [1.29, 1.82) is 0 Å². The van der Waals surface area contributed by atoms with Gasteiger partial charge in [-0.2, -0.15) is 0 Å². The fraction of sp³-hybridized carbons (Fsp3) is 0.357. The van der Waals surface area contributed by atoms with Gasteiger partial charge in [0, 0.05) is 17.1 Å². The van der Waals surface area contributed by atoms with Crippen LogP contribution in [0.25, 0.3) is 10.9 Å². The summed E-state index contributed by atoms with van der Waals surface area (Å²) in [6.07, 6.45) is 3.51. The average molecular weight is 264 g/mol. The van der Waals surface area contributed by atoms with Gasteiger partial charge in [0.05, 0.1) is 5.52 Å². The van der Waals surface area contributed by atoms with Gasteiger partial charge in [0.15, 0.2) is 11.5 Å². The number of rotatable bonds is 0. The molecule has 2 aliphatic rings. The highest BCUT2D eigenvalue weighted by molar-refractivity contribution is 5.87. The van der Waals surface area contributed by atoms with Crippen LogP contribution in [-0.4, -0.2) is 11.8 Å². The average Bonchev–Trinajstić information content (AvgIpc) is 2.94. The Labute approximate surface area is 112 Å². The van der Waals surface area contributed by atoms with E-state index >= 15 is 0 Å². The number of pyridine rings is 1. The number of nitrogens with zero attached hydrogens (tertiary/aromatic N) is 1. The fourth-order valence-electron chi connectivity index (χ4n) is 2.89. The smallest absolute Gasteiger partial charge is 0.231 e. The minimum absolute atomic E-state index is 0. The molecule has 1 aromatic heterocycles. The van der Waals surface area contributed by atoms with E-state index < -0.39 is 0 Å². The molecule has 0 saturated carbocycles. The molecule has 18 heavy (non-hydrogen) atoms. The SMILES string of the molecule is Cc1c2c(nc3cc4c(cc13)OCO4)CCC2.Cl. The molecule has 0 saturated heterocycles. The van der Waals surface area contributed by atoms with Gasteiger partial charge in [-0.1, -0.05) is 0 Å². The molecule has 0 atom stereocenters. The highest BCUT2D eigenvalue weighted by atomic mass is 35.5. The van der Waals surface area contributed by atoms with Gasteiger partial charge >= 0.3 is 0 Å². The van der Waals surface area contributed by atoms with Crippen molar-refractivity contribution in [2.24, 2.45) is 0 Å². The van der Waals surface area contributed by atoms with E-state index in [1.165, 1.54) is 35.0 Å². The summed E-state index contributed by atoms with van der Waals surface area (Å²) in [6, 6.07) is 4.07. The molecular formula is C14H14ClNO2. The van der Waals surface area contributed by atoms with Crippen LogP contribution in [-0.2, 0) is 12.8 Å². The van der Waals surface area contributed by atoms with Crippen molar-refractivity contribution >= 4 is 23.3 Å². The van der Waals surface area contributed by atoms with Gasteiger partial charge in [-0.15, -0.1) is 12.4 Å². The number of halogens is 1. The lowest BCUT2D eigenvalue weighted by Crippen LogP contribution is -1.94. The number of aryl methyl sites for hydroxylation is 2. The zero-order valence-corrected chi connectivity index (χ0v) is 11.0. The first-order chi connectivity index (χ1) is 8.33. The minimum Gasteiger partial charge on any atom is -0.454 e. The standard InChI is InChI=1S/C14H13NO2.ClH/c1-8-9-3-2-4-11(9)15-12-6-14-13(5-10(8)12)16-7-17-14;/h5-6H,2-4,7H2,1H3;1H. The first-order valence-electron chi connectivity index (χ1n) is 6.04. The molecular weight excluding hydrogens is 250 g/mol. The monoisotopic (exact) mass is 263 g/mol. The van der Waals surface area contributed by atoms with Gasteiger partial charge < -0.3 is 9.47 Å². The van der Waals surface area contributed by atoms with Gasteiger partial charge in [0.25, 0.3) is 0 Å². The Balaban J connectivity index is 0.000001000. The number of aromatic nitrogens is 1. The lowest BCUT2D eigenvalue weighted by Gasteiger charge is -2.09. The summed E-state index contributed by atoms with van der Waals surface area (Å²) in [6.45, 7) is 2.51. The van der Waals surface area contributed by atoms with E-state index in [-0.39, 0.29) is 12.4 Å². The second kappa shape index (κ2) is 4.02. The van der Waals surface area contributed by atoms with E-state index in [1.54, 1.807) is 0 Å². The maximum absolute atomic E-state index is 5.43. The summed E-state index contributed by atoms with van der Waals surface area (Å²) < 4.78 is 10.8.